The Morgan fingerprint density at radius 2 is 1.89 bits per heavy atom. The van der Waals surface area contributed by atoms with Crippen LogP contribution in [-0.4, -0.2) is 30.8 Å². The van der Waals surface area contributed by atoms with Gasteiger partial charge in [0, 0.05) is 29.4 Å². The smallest absolute Gasteiger partial charge is 0.243 e. The maximum atomic E-state index is 12.7. The maximum absolute atomic E-state index is 12.7. The van der Waals surface area contributed by atoms with Crippen molar-refractivity contribution >= 4 is 27.3 Å². The Morgan fingerprint density at radius 3 is 2.68 bits per heavy atom. The topological polar surface area (TPSA) is 75.4 Å². The average molecular weight is 418 g/mol. The molecule has 1 N–H and O–H groups in total. The van der Waals surface area contributed by atoms with Gasteiger partial charge in [0.1, 0.15) is 0 Å². The molecule has 2 heterocycles. The Hall–Kier alpha value is -2.35. The number of nitrogens with zero attached hydrogens (tertiary/aromatic N) is 2. The normalized spacial score (nSPS) is 15.0. The number of benzene rings is 2. The molecule has 146 valence electrons. The molecule has 0 spiro atoms. The van der Waals surface area contributed by atoms with E-state index in [1.165, 1.54) is 4.31 Å². The van der Waals surface area contributed by atoms with Crippen molar-refractivity contribution in [2.45, 2.75) is 24.3 Å². The molecule has 0 bridgehead atoms. The van der Waals surface area contributed by atoms with Crippen LogP contribution in [0.5, 0.6) is 0 Å². The van der Waals surface area contributed by atoms with Gasteiger partial charge >= 0.3 is 0 Å². The molecule has 6 nitrogen and oxygen atoms in total. The van der Waals surface area contributed by atoms with Crippen LogP contribution in [0.15, 0.2) is 64.0 Å². The number of aromatic nitrogens is 1. The average Bonchev–Trinajstić information content (AvgIpc) is 3.39. The van der Waals surface area contributed by atoms with Crippen molar-refractivity contribution in [2.24, 2.45) is 0 Å². The van der Waals surface area contributed by atoms with Gasteiger partial charge in [-0.1, -0.05) is 29.8 Å². The fourth-order valence-corrected chi connectivity index (χ4v) is 4.94. The summed E-state index contributed by atoms with van der Waals surface area (Å²) in [6, 6.07) is 14.2. The zero-order valence-corrected chi connectivity index (χ0v) is 16.7. The summed E-state index contributed by atoms with van der Waals surface area (Å²) < 4.78 is 32.7. The fourth-order valence-electron chi connectivity index (χ4n) is 3.19. The molecular weight excluding hydrogens is 398 g/mol. The molecule has 0 saturated carbocycles. The van der Waals surface area contributed by atoms with Gasteiger partial charge in [-0.3, -0.25) is 0 Å². The number of halogens is 1. The molecule has 1 fully saturated rings. The predicted octanol–water partition coefficient (Wildman–Crippen LogP) is 4.39. The number of nitrogens with one attached hydrogen (secondary N) is 1. The van der Waals surface area contributed by atoms with Gasteiger partial charge < -0.3 is 9.73 Å². The Morgan fingerprint density at radius 1 is 1.11 bits per heavy atom. The van der Waals surface area contributed by atoms with E-state index in [0.717, 1.165) is 18.4 Å². The summed E-state index contributed by atoms with van der Waals surface area (Å²) in [5, 5.41) is 3.80. The predicted molar refractivity (Wildman–Crippen MR) is 109 cm³/mol. The summed E-state index contributed by atoms with van der Waals surface area (Å²) in [7, 11) is -3.44. The zero-order chi connectivity index (χ0) is 19.6. The molecule has 3 aromatic rings. The van der Waals surface area contributed by atoms with Crippen molar-refractivity contribution in [3.63, 3.8) is 0 Å². The monoisotopic (exact) mass is 417 g/mol. The summed E-state index contributed by atoms with van der Waals surface area (Å²) in [6.07, 6.45) is 3.48. The van der Waals surface area contributed by atoms with Crippen LogP contribution in [0.3, 0.4) is 0 Å². The van der Waals surface area contributed by atoms with Crippen LogP contribution < -0.4 is 5.32 Å². The van der Waals surface area contributed by atoms with Gasteiger partial charge in [0.2, 0.25) is 15.9 Å². The van der Waals surface area contributed by atoms with E-state index in [9.17, 15) is 8.42 Å². The zero-order valence-electron chi connectivity index (χ0n) is 15.1. The van der Waals surface area contributed by atoms with Crippen molar-refractivity contribution in [1.29, 1.82) is 0 Å². The van der Waals surface area contributed by atoms with E-state index in [2.05, 4.69) is 10.3 Å². The molecule has 0 radical (unpaired) electrons. The van der Waals surface area contributed by atoms with E-state index >= 15 is 0 Å². The van der Waals surface area contributed by atoms with Crippen molar-refractivity contribution in [3.05, 3.63) is 65.6 Å². The Bertz CT molecular complexity index is 1080. The molecule has 1 aromatic heterocycles. The lowest BCUT2D eigenvalue weighted by Gasteiger charge is -2.16. The molecule has 4 rings (SSSR count). The number of sulfonamides is 1. The molecule has 1 saturated heterocycles. The van der Waals surface area contributed by atoms with Crippen molar-refractivity contribution in [2.75, 3.05) is 18.4 Å². The van der Waals surface area contributed by atoms with E-state index < -0.39 is 10.0 Å². The Kier molecular flexibility index (Phi) is 5.39. The first-order valence-electron chi connectivity index (χ1n) is 9.07. The second-order valence-corrected chi connectivity index (χ2v) is 9.00. The standard InChI is InChI=1S/C20H20ClN3O3S/c21-16-6-3-5-15(11-16)19-13-23-20(27-19)14-22-17-7-4-8-18(12-17)28(25,26)24-9-1-2-10-24/h3-8,11-13,22H,1-2,9-10,14H2. The highest BCUT2D eigenvalue weighted by molar-refractivity contribution is 7.89. The van der Waals surface area contributed by atoms with Crippen molar-refractivity contribution < 1.29 is 12.8 Å². The van der Waals surface area contributed by atoms with Gasteiger partial charge in [-0.15, -0.1) is 0 Å². The molecule has 1 aliphatic heterocycles. The van der Waals surface area contributed by atoms with Crippen molar-refractivity contribution in [1.82, 2.24) is 9.29 Å². The van der Waals surface area contributed by atoms with Crippen LogP contribution in [0.2, 0.25) is 5.02 Å². The van der Waals surface area contributed by atoms with E-state index in [-0.39, 0.29) is 0 Å². The Balaban J connectivity index is 1.46. The SMILES string of the molecule is O=S(=O)(c1cccc(NCc2ncc(-c3cccc(Cl)c3)o2)c1)N1CCCC1. The number of hydrogen-bond donors (Lipinski definition) is 1. The highest BCUT2D eigenvalue weighted by Gasteiger charge is 2.27. The van der Waals surface area contributed by atoms with Gasteiger partial charge in [0.15, 0.2) is 5.76 Å². The molecule has 0 atom stereocenters. The lowest BCUT2D eigenvalue weighted by atomic mass is 10.2. The van der Waals surface area contributed by atoms with Crippen LogP contribution in [0.1, 0.15) is 18.7 Å². The summed E-state index contributed by atoms with van der Waals surface area (Å²) in [4.78, 5) is 4.57. The van der Waals surface area contributed by atoms with Gasteiger partial charge in [-0.2, -0.15) is 4.31 Å². The van der Waals surface area contributed by atoms with Crippen LogP contribution in [-0.2, 0) is 16.6 Å². The Labute approximate surface area is 169 Å². The summed E-state index contributed by atoms with van der Waals surface area (Å²) >= 11 is 6.01. The third-order valence-corrected chi connectivity index (χ3v) is 6.77. The van der Waals surface area contributed by atoms with Crippen molar-refractivity contribution in [3.8, 4) is 11.3 Å². The van der Waals surface area contributed by atoms with E-state index in [1.54, 1.807) is 30.5 Å². The molecule has 1 aliphatic rings. The molecule has 0 aliphatic carbocycles. The number of hydrogen-bond acceptors (Lipinski definition) is 5. The molecule has 2 aromatic carbocycles. The second-order valence-electron chi connectivity index (χ2n) is 6.62. The lowest BCUT2D eigenvalue weighted by Crippen LogP contribution is -2.27. The quantitative estimate of drug-likeness (QED) is 0.643. The van der Waals surface area contributed by atoms with Crippen LogP contribution in [0, 0.1) is 0 Å². The molecular formula is C20H20ClN3O3S. The van der Waals surface area contributed by atoms with Crippen LogP contribution in [0.4, 0.5) is 5.69 Å². The highest BCUT2D eigenvalue weighted by Crippen LogP contribution is 2.25. The van der Waals surface area contributed by atoms with Crippen LogP contribution >= 0.6 is 11.6 Å². The number of rotatable bonds is 6. The maximum Gasteiger partial charge on any atom is 0.243 e. The number of anilines is 1. The molecule has 28 heavy (non-hydrogen) atoms. The fraction of sp³-hybridized carbons (Fsp3) is 0.250. The third-order valence-electron chi connectivity index (χ3n) is 4.64. The first kappa shape index (κ1) is 19.0. The minimum Gasteiger partial charge on any atom is -0.439 e. The summed E-state index contributed by atoms with van der Waals surface area (Å²) in [5.74, 6) is 1.13. The van der Waals surface area contributed by atoms with Gasteiger partial charge in [0.05, 0.1) is 17.6 Å². The minimum atomic E-state index is -3.44. The van der Waals surface area contributed by atoms with Gasteiger partial charge in [-0.05, 0) is 43.2 Å². The van der Waals surface area contributed by atoms with Gasteiger partial charge in [0.25, 0.3) is 0 Å². The first-order chi connectivity index (χ1) is 13.5. The first-order valence-corrected chi connectivity index (χ1v) is 10.9. The summed E-state index contributed by atoms with van der Waals surface area (Å²) in [6.45, 7) is 1.51. The van der Waals surface area contributed by atoms with E-state index in [1.807, 2.05) is 24.3 Å². The van der Waals surface area contributed by atoms with E-state index in [4.69, 9.17) is 16.0 Å². The minimum absolute atomic E-state index is 0.298. The third kappa shape index (κ3) is 4.06. The summed E-state index contributed by atoms with van der Waals surface area (Å²) in [5.41, 5.74) is 1.55. The van der Waals surface area contributed by atoms with Crippen LogP contribution in [0.25, 0.3) is 11.3 Å². The second kappa shape index (κ2) is 7.95. The van der Waals surface area contributed by atoms with E-state index in [0.29, 0.717) is 46.9 Å². The lowest BCUT2D eigenvalue weighted by molar-refractivity contribution is 0.477. The molecule has 8 heteroatoms. The largest absolute Gasteiger partial charge is 0.439 e. The molecule has 0 amide bonds. The molecule has 0 unspecified atom stereocenters. The highest BCUT2D eigenvalue weighted by atomic mass is 35.5. The number of oxazole rings is 1. The van der Waals surface area contributed by atoms with Gasteiger partial charge in [-0.25, -0.2) is 13.4 Å².